The summed E-state index contributed by atoms with van der Waals surface area (Å²) in [7, 11) is -1.18. The second-order valence-electron chi connectivity index (χ2n) is 11.8. The number of nitrogens with zero attached hydrogens (tertiary/aromatic N) is 2. The normalized spacial score (nSPS) is 12.1. The fourth-order valence-electron chi connectivity index (χ4n) is 4.99. The van der Waals surface area contributed by atoms with E-state index in [1.165, 1.54) is 24.1 Å². The molecule has 0 heterocycles. The fourth-order valence-corrected chi connectivity index (χ4v) is 6.42. The molecular weight excluding hydrogens is 602 g/mol. The maximum atomic E-state index is 14.6. The minimum atomic E-state index is -4.22. The molecule has 46 heavy (non-hydrogen) atoms. The average molecular weight is 644 g/mol. The Labute approximate surface area is 271 Å². The summed E-state index contributed by atoms with van der Waals surface area (Å²) in [6.45, 7) is 5.08. The van der Waals surface area contributed by atoms with Gasteiger partial charge in [-0.15, -0.1) is 0 Å². The number of anilines is 1. The molecule has 4 aromatic carbocycles. The van der Waals surface area contributed by atoms with E-state index >= 15 is 0 Å². The number of amides is 2. The van der Waals surface area contributed by atoms with Crippen molar-refractivity contribution < 1.29 is 27.5 Å². The Kier molecular flexibility index (Phi) is 11.1. The minimum absolute atomic E-state index is 0.0243. The van der Waals surface area contributed by atoms with E-state index in [0.717, 1.165) is 9.87 Å². The average Bonchev–Trinajstić information content (AvgIpc) is 3.05. The second kappa shape index (κ2) is 15.0. The zero-order valence-corrected chi connectivity index (χ0v) is 27.7. The van der Waals surface area contributed by atoms with Gasteiger partial charge in [-0.25, -0.2) is 8.42 Å². The van der Waals surface area contributed by atoms with Gasteiger partial charge in [-0.2, -0.15) is 0 Å². The highest BCUT2D eigenvalue weighted by Gasteiger charge is 2.35. The van der Waals surface area contributed by atoms with Gasteiger partial charge < -0.3 is 19.7 Å². The quantitative estimate of drug-likeness (QED) is 0.208. The van der Waals surface area contributed by atoms with Crippen LogP contribution in [0.5, 0.6) is 11.5 Å². The number of ether oxygens (including phenoxy) is 2. The van der Waals surface area contributed by atoms with Crippen LogP contribution in [0.1, 0.15) is 31.9 Å². The van der Waals surface area contributed by atoms with E-state index in [4.69, 9.17) is 9.47 Å². The molecule has 0 aliphatic rings. The molecule has 0 fully saturated rings. The molecule has 9 nitrogen and oxygen atoms in total. The Morgan fingerprint density at radius 1 is 0.761 bits per heavy atom. The van der Waals surface area contributed by atoms with Gasteiger partial charge in [0.25, 0.3) is 10.0 Å². The summed E-state index contributed by atoms with van der Waals surface area (Å²) in [5.41, 5.74) is 1.23. The Bertz CT molecular complexity index is 1720. The molecule has 1 N–H and O–H groups in total. The van der Waals surface area contributed by atoms with Crippen LogP contribution in [-0.2, 0) is 32.6 Å². The van der Waals surface area contributed by atoms with Crippen molar-refractivity contribution in [2.75, 3.05) is 25.1 Å². The van der Waals surface area contributed by atoms with E-state index in [9.17, 15) is 18.0 Å². The highest BCUT2D eigenvalue weighted by molar-refractivity contribution is 7.92. The fraction of sp³-hybridized carbons (Fsp3) is 0.278. The van der Waals surface area contributed by atoms with Crippen molar-refractivity contribution in [2.45, 2.75) is 50.2 Å². The predicted molar refractivity (Wildman–Crippen MR) is 179 cm³/mol. The van der Waals surface area contributed by atoms with Crippen molar-refractivity contribution >= 4 is 27.5 Å². The maximum absolute atomic E-state index is 14.6. The van der Waals surface area contributed by atoms with Gasteiger partial charge in [0.15, 0.2) is 0 Å². The summed E-state index contributed by atoms with van der Waals surface area (Å²) < 4.78 is 40.1. The number of benzene rings is 4. The molecule has 0 spiro atoms. The number of carbonyl (C=O) groups excluding carboxylic acids is 2. The van der Waals surface area contributed by atoms with Crippen molar-refractivity contribution in [2.24, 2.45) is 0 Å². The third-order valence-corrected chi connectivity index (χ3v) is 9.00. The minimum Gasteiger partial charge on any atom is -0.497 e. The molecule has 4 rings (SSSR count). The molecule has 0 unspecified atom stereocenters. The van der Waals surface area contributed by atoms with Crippen molar-refractivity contribution in [1.82, 2.24) is 10.2 Å². The lowest BCUT2D eigenvalue weighted by Crippen LogP contribution is -2.56. The van der Waals surface area contributed by atoms with Crippen molar-refractivity contribution in [3.05, 3.63) is 120 Å². The van der Waals surface area contributed by atoms with Crippen molar-refractivity contribution in [3.63, 3.8) is 0 Å². The zero-order chi connectivity index (χ0) is 33.3. The SMILES string of the molecule is COc1cccc(CN(C(=O)CN(c2cccc(OC)c2)S(=O)(=O)c2ccccc2)[C@H](Cc2ccccc2)C(=O)NC(C)(C)C)c1. The number of hydrogen-bond acceptors (Lipinski definition) is 6. The van der Waals surface area contributed by atoms with Crippen LogP contribution in [-0.4, -0.2) is 57.5 Å². The lowest BCUT2D eigenvalue weighted by atomic mass is 10.0. The zero-order valence-electron chi connectivity index (χ0n) is 26.8. The number of rotatable bonds is 13. The summed E-state index contributed by atoms with van der Waals surface area (Å²) in [4.78, 5) is 30.1. The first-order chi connectivity index (χ1) is 21.9. The number of carbonyl (C=O) groups is 2. The van der Waals surface area contributed by atoms with Crippen LogP contribution < -0.4 is 19.1 Å². The smallest absolute Gasteiger partial charge is 0.264 e. The Morgan fingerprint density at radius 3 is 1.93 bits per heavy atom. The van der Waals surface area contributed by atoms with Gasteiger partial charge in [0.1, 0.15) is 24.1 Å². The summed E-state index contributed by atoms with van der Waals surface area (Å²) >= 11 is 0. The van der Waals surface area contributed by atoms with E-state index in [1.807, 2.05) is 57.2 Å². The van der Waals surface area contributed by atoms with Crippen LogP contribution in [0.3, 0.4) is 0 Å². The summed E-state index contributed by atoms with van der Waals surface area (Å²) in [5, 5.41) is 3.03. The van der Waals surface area contributed by atoms with Gasteiger partial charge in [-0.05, 0) is 68.3 Å². The summed E-state index contributed by atoms with van der Waals surface area (Å²) in [5.74, 6) is 0.104. The largest absolute Gasteiger partial charge is 0.497 e. The Balaban J connectivity index is 1.83. The molecule has 0 aromatic heterocycles. The monoisotopic (exact) mass is 643 g/mol. The molecule has 1 atom stereocenters. The highest BCUT2D eigenvalue weighted by Crippen LogP contribution is 2.28. The number of methoxy groups -OCH3 is 2. The molecule has 0 saturated heterocycles. The molecular formula is C36H41N3O6S. The van der Waals surface area contributed by atoms with Crippen LogP contribution >= 0.6 is 0 Å². The molecule has 242 valence electrons. The summed E-state index contributed by atoms with van der Waals surface area (Å²) in [6, 6.07) is 30.2. The highest BCUT2D eigenvalue weighted by atomic mass is 32.2. The topological polar surface area (TPSA) is 105 Å². The predicted octanol–water partition coefficient (Wildman–Crippen LogP) is 5.45. The molecule has 4 aromatic rings. The van der Waals surface area contributed by atoms with E-state index in [-0.39, 0.29) is 29.5 Å². The van der Waals surface area contributed by atoms with Crippen molar-refractivity contribution in [3.8, 4) is 11.5 Å². The van der Waals surface area contributed by atoms with Gasteiger partial charge in [0.2, 0.25) is 11.8 Å². The molecule has 0 saturated carbocycles. The summed E-state index contributed by atoms with van der Waals surface area (Å²) in [6.07, 6.45) is 0.211. The van der Waals surface area contributed by atoms with Crippen LogP contribution in [0.4, 0.5) is 5.69 Å². The number of hydrogen-bond donors (Lipinski definition) is 1. The van der Waals surface area contributed by atoms with Crippen LogP contribution in [0.25, 0.3) is 0 Å². The standard InChI is InChI=1S/C36H41N3O6S/c1-36(2,3)37-35(41)33(23-27-14-8-6-9-15-27)38(25-28-16-12-18-30(22-28)44-4)34(40)26-39(29-17-13-19-31(24-29)45-5)46(42,43)32-20-10-7-11-21-32/h6-22,24,33H,23,25-26H2,1-5H3,(H,37,41)/t33-/m1/s1. The van der Waals surface area contributed by atoms with Gasteiger partial charge in [0, 0.05) is 24.6 Å². The van der Waals surface area contributed by atoms with Crippen LogP contribution in [0, 0.1) is 0 Å². The molecule has 10 heteroatoms. The number of sulfonamides is 1. The molecule has 0 aliphatic heterocycles. The van der Waals surface area contributed by atoms with E-state index in [0.29, 0.717) is 17.1 Å². The Hall–Kier alpha value is -4.83. The van der Waals surface area contributed by atoms with E-state index < -0.39 is 34.1 Å². The lowest BCUT2D eigenvalue weighted by Gasteiger charge is -2.35. The molecule has 0 radical (unpaired) electrons. The molecule has 0 bridgehead atoms. The van der Waals surface area contributed by atoms with Gasteiger partial charge in [0.05, 0.1) is 24.8 Å². The third kappa shape index (κ3) is 8.88. The Morgan fingerprint density at radius 2 is 1.33 bits per heavy atom. The van der Waals surface area contributed by atoms with Gasteiger partial charge in [-0.1, -0.05) is 66.7 Å². The van der Waals surface area contributed by atoms with Gasteiger partial charge >= 0.3 is 0 Å². The second-order valence-corrected chi connectivity index (χ2v) is 13.7. The van der Waals surface area contributed by atoms with E-state index in [2.05, 4.69) is 5.32 Å². The number of nitrogens with one attached hydrogen (secondary N) is 1. The maximum Gasteiger partial charge on any atom is 0.264 e. The van der Waals surface area contributed by atoms with Crippen LogP contribution in [0.2, 0.25) is 0 Å². The first-order valence-corrected chi connectivity index (χ1v) is 16.4. The molecule has 0 aliphatic carbocycles. The van der Waals surface area contributed by atoms with Crippen LogP contribution in [0.15, 0.2) is 114 Å². The third-order valence-electron chi connectivity index (χ3n) is 7.21. The first-order valence-electron chi connectivity index (χ1n) is 14.9. The lowest BCUT2D eigenvalue weighted by molar-refractivity contribution is -0.140. The van der Waals surface area contributed by atoms with E-state index in [1.54, 1.807) is 67.8 Å². The first kappa shape index (κ1) is 34.1. The van der Waals surface area contributed by atoms with Gasteiger partial charge in [-0.3, -0.25) is 13.9 Å². The van der Waals surface area contributed by atoms with Crippen molar-refractivity contribution in [1.29, 1.82) is 0 Å². The molecule has 2 amide bonds.